The second-order valence-electron chi connectivity index (χ2n) is 5.76. The summed E-state index contributed by atoms with van der Waals surface area (Å²) in [6, 6.07) is 2.01. The van der Waals surface area contributed by atoms with Crippen LogP contribution in [-0.2, 0) is 13.0 Å². The maximum atomic E-state index is 9.61. The molecule has 0 saturated carbocycles. The normalized spacial score (nSPS) is 18.7. The summed E-state index contributed by atoms with van der Waals surface area (Å²) in [4.78, 5) is 14.8. The van der Waals surface area contributed by atoms with Gasteiger partial charge < -0.3 is 20.5 Å². The van der Waals surface area contributed by atoms with Crippen molar-refractivity contribution >= 4 is 23.4 Å². The van der Waals surface area contributed by atoms with Crippen LogP contribution in [0.2, 0.25) is 5.15 Å². The van der Waals surface area contributed by atoms with E-state index in [1.54, 1.807) is 0 Å². The van der Waals surface area contributed by atoms with Gasteiger partial charge >= 0.3 is 0 Å². The van der Waals surface area contributed by atoms with Crippen molar-refractivity contribution in [2.24, 2.45) is 0 Å². The minimum absolute atomic E-state index is 0.0119. The summed E-state index contributed by atoms with van der Waals surface area (Å²) in [5, 5.41) is 9.92. The molecule has 4 rings (SSSR count). The molecule has 8 heteroatoms. The van der Waals surface area contributed by atoms with Crippen LogP contribution in [0.15, 0.2) is 12.3 Å². The lowest BCUT2D eigenvalue weighted by atomic mass is 10.1. The van der Waals surface area contributed by atoms with Gasteiger partial charge in [-0.2, -0.15) is 4.98 Å². The minimum atomic E-state index is -0.114. The molecule has 23 heavy (non-hydrogen) atoms. The van der Waals surface area contributed by atoms with Crippen LogP contribution >= 0.6 is 11.6 Å². The fourth-order valence-electron chi connectivity index (χ4n) is 3.16. The lowest BCUT2D eigenvalue weighted by molar-refractivity contribution is 0.270. The zero-order valence-corrected chi connectivity index (χ0v) is 13.1. The summed E-state index contributed by atoms with van der Waals surface area (Å²) in [6.45, 7) is 1.88. The number of halogens is 1. The quantitative estimate of drug-likeness (QED) is 0.813. The van der Waals surface area contributed by atoms with Crippen molar-refractivity contribution in [3.05, 3.63) is 34.2 Å². The Morgan fingerprint density at radius 3 is 3.13 bits per heavy atom. The molecule has 0 bridgehead atoms. The molecule has 0 aliphatic carbocycles. The Morgan fingerprint density at radius 1 is 1.43 bits per heavy atom. The summed E-state index contributed by atoms with van der Waals surface area (Å²) in [5.41, 5.74) is 8.49. The van der Waals surface area contributed by atoms with Gasteiger partial charge in [-0.15, -0.1) is 0 Å². The van der Waals surface area contributed by atoms with Crippen LogP contribution in [0.25, 0.3) is 0 Å². The first kappa shape index (κ1) is 14.5. The molecule has 1 atom stereocenters. The van der Waals surface area contributed by atoms with Gasteiger partial charge in [-0.3, -0.25) is 4.98 Å². The number of pyridine rings is 1. The molecular weight excluding hydrogens is 318 g/mol. The number of aliphatic hydroxyl groups excluding tert-OH is 1. The van der Waals surface area contributed by atoms with Crippen molar-refractivity contribution in [2.45, 2.75) is 18.9 Å². The van der Waals surface area contributed by atoms with E-state index >= 15 is 0 Å². The van der Waals surface area contributed by atoms with Gasteiger partial charge in [0.25, 0.3) is 0 Å². The highest BCUT2D eigenvalue weighted by Crippen LogP contribution is 2.39. The molecule has 120 valence electrons. The largest absolute Gasteiger partial charge is 0.491 e. The molecule has 4 heterocycles. The van der Waals surface area contributed by atoms with E-state index in [1.807, 2.05) is 17.2 Å². The third kappa shape index (κ3) is 2.46. The molecule has 7 nitrogen and oxygen atoms in total. The summed E-state index contributed by atoms with van der Waals surface area (Å²) < 4.78 is 5.57. The van der Waals surface area contributed by atoms with Crippen molar-refractivity contribution in [3.8, 4) is 5.75 Å². The van der Waals surface area contributed by atoms with E-state index in [0.717, 1.165) is 29.0 Å². The van der Waals surface area contributed by atoms with Gasteiger partial charge in [0.05, 0.1) is 18.9 Å². The number of hydrogen-bond donors (Lipinski definition) is 2. The number of hydrogen-bond acceptors (Lipinski definition) is 7. The van der Waals surface area contributed by atoms with Gasteiger partial charge in [-0.1, -0.05) is 11.6 Å². The maximum absolute atomic E-state index is 9.61. The Labute approximate surface area is 138 Å². The number of anilines is 2. The van der Waals surface area contributed by atoms with Crippen LogP contribution in [0.1, 0.15) is 22.7 Å². The van der Waals surface area contributed by atoms with E-state index in [4.69, 9.17) is 22.1 Å². The molecule has 2 aliphatic heterocycles. The molecule has 2 aromatic heterocycles. The zero-order valence-electron chi connectivity index (χ0n) is 12.4. The van der Waals surface area contributed by atoms with E-state index in [0.29, 0.717) is 30.7 Å². The average molecular weight is 334 g/mol. The molecule has 2 aromatic rings. The SMILES string of the molecule is Nc1nc(Cl)c2c(n1)N(Cc1cnc3c(c1)OCC3)CC2CO. The van der Waals surface area contributed by atoms with Crippen LogP contribution in [0.4, 0.5) is 11.8 Å². The van der Waals surface area contributed by atoms with Crippen LogP contribution in [0, 0.1) is 0 Å². The van der Waals surface area contributed by atoms with Crippen molar-refractivity contribution in [3.63, 3.8) is 0 Å². The van der Waals surface area contributed by atoms with Crippen LogP contribution < -0.4 is 15.4 Å². The number of nitrogens with zero attached hydrogens (tertiary/aromatic N) is 4. The van der Waals surface area contributed by atoms with E-state index in [9.17, 15) is 5.11 Å². The van der Waals surface area contributed by atoms with E-state index < -0.39 is 0 Å². The van der Waals surface area contributed by atoms with Crippen LogP contribution in [0.5, 0.6) is 5.75 Å². The topological polar surface area (TPSA) is 97.4 Å². The maximum Gasteiger partial charge on any atom is 0.223 e. The van der Waals surface area contributed by atoms with Gasteiger partial charge in [0.1, 0.15) is 16.7 Å². The Kier molecular flexibility index (Phi) is 3.46. The number of nitrogen functional groups attached to an aromatic ring is 1. The molecule has 1 unspecified atom stereocenters. The van der Waals surface area contributed by atoms with E-state index in [1.165, 1.54) is 0 Å². The second-order valence-corrected chi connectivity index (χ2v) is 6.11. The molecule has 2 aliphatic rings. The average Bonchev–Trinajstić information content (AvgIpc) is 3.11. The Hall–Kier alpha value is -2.12. The first-order valence-corrected chi connectivity index (χ1v) is 7.83. The van der Waals surface area contributed by atoms with Crippen molar-refractivity contribution in [1.82, 2.24) is 15.0 Å². The van der Waals surface area contributed by atoms with Crippen LogP contribution in [0.3, 0.4) is 0 Å². The van der Waals surface area contributed by atoms with Crippen molar-refractivity contribution in [2.75, 3.05) is 30.4 Å². The summed E-state index contributed by atoms with van der Waals surface area (Å²) in [6.07, 6.45) is 2.71. The van der Waals surface area contributed by atoms with Gasteiger partial charge in [0, 0.05) is 37.2 Å². The first-order valence-electron chi connectivity index (χ1n) is 7.45. The fourth-order valence-corrected chi connectivity index (χ4v) is 3.49. The van der Waals surface area contributed by atoms with Gasteiger partial charge in [-0.05, 0) is 11.6 Å². The highest BCUT2D eigenvalue weighted by atomic mass is 35.5. The number of rotatable bonds is 3. The Bertz CT molecular complexity index is 770. The molecule has 0 spiro atoms. The predicted octanol–water partition coefficient (Wildman–Crippen LogP) is 1.14. The van der Waals surface area contributed by atoms with Gasteiger partial charge in [-0.25, -0.2) is 4.98 Å². The number of ether oxygens (including phenoxy) is 1. The highest BCUT2D eigenvalue weighted by molar-refractivity contribution is 6.30. The molecular formula is C15H16ClN5O2. The smallest absolute Gasteiger partial charge is 0.223 e. The van der Waals surface area contributed by atoms with Crippen LogP contribution in [-0.4, -0.2) is 39.8 Å². The lowest BCUT2D eigenvalue weighted by Crippen LogP contribution is -2.23. The highest BCUT2D eigenvalue weighted by Gasteiger charge is 2.33. The van der Waals surface area contributed by atoms with Gasteiger partial charge in [0.2, 0.25) is 5.95 Å². The van der Waals surface area contributed by atoms with Crippen molar-refractivity contribution < 1.29 is 9.84 Å². The molecule has 0 saturated heterocycles. The van der Waals surface area contributed by atoms with Crippen molar-refractivity contribution in [1.29, 1.82) is 0 Å². The minimum Gasteiger partial charge on any atom is -0.491 e. The first-order chi connectivity index (χ1) is 11.2. The Balaban J connectivity index is 1.66. The Morgan fingerprint density at radius 2 is 2.30 bits per heavy atom. The molecule has 0 aromatic carbocycles. The van der Waals surface area contributed by atoms with E-state index in [2.05, 4.69) is 15.0 Å². The number of aromatic nitrogens is 3. The van der Waals surface area contributed by atoms with E-state index in [-0.39, 0.29) is 18.5 Å². The zero-order chi connectivity index (χ0) is 16.0. The molecule has 0 amide bonds. The third-order valence-corrected chi connectivity index (χ3v) is 4.51. The summed E-state index contributed by atoms with van der Waals surface area (Å²) >= 11 is 6.19. The molecule has 3 N–H and O–H groups in total. The predicted molar refractivity (Wildman–Crippen MR) is 85.8 cm³/mol. The fraction of sp³-hybridized carbons (Fsp3) is 0.400. The summed E-state index contributed by atoms with van der Waals surface area (Å²) in [5.74, 6) is 1.55. The molecule has 0 fully saturated rings. The molecule has 0 radical (unpaired) electrons. The number of nitrogens with two attached hydrogens (primary N) is 1. The number of aliphatic hydroxyl groups is 1. The van der Waals surface area contributed by atoms with Gasteiger partial charge in [0.15, 0.2) is 0 Å². The lowest BCUT2D eigenvalue weighted by Gasteiger charge is -2.19. The summed E-state index contributed by atoms with van der Waals surface area (Å²) in [7, 11) is 0. The monoisotopic (exact) mass is 333 g/mol. The third-order valence-electron chi connectivity index (χ3n) is 4.22. The second kappa shape index (κ2) is 5.50. The standard InChI is InChI=1S/C15H16ClN5O2/c16-13-12-9(7-22)6-21(14(12)20-15(17)19-13)5-8-3-11-10(18-4-8)1-2-23-11/h3-4,9,22H,1-2,5-7H2,(H2,17,19,20). The number of fused-ring (bicyclic) bond motifs is 2.